The first-order chi connectivity index (χ1) is 9.86. The van der Waals surface area contributed by atoms with Crippen molar-refractivity contribution >= 4 is 21.8 Å². The first kappa shape index (κ1) is 19.3. The number of hydrogen-bond acceptors (Lipinski definition) is 4. The Balaban J connectivity index is 2.49. The molecule has 0 bridgehead atoms. The van der Waals surface area contributed by atoms with Gasteiger partial charge in [0.05, 0.1) is 6.26 Å². The molecule has 21 heavy (non-hydrogen) atoms. The van der Waals surface area contributed by atoms with Gasteiger partial charge in [0.15, 0.2) is 0 Å². The minimum absolute atomic E-state index is 0.495. The predicted molar refractivity (Wildman–Crippen MR) is 93.4 cm³/mol. The summed E-state index contributed by atoms with van der Waals surface area (Å²) < 4.78 is 25.1. The molecule has 1 N–H and O–H groups in total. The average Bonchev–Trinajstić information content (AvgIpc) is 2.44. The maximum atomic E-state index is 11.7. The fourth-order valence-corrected chi connectivity index (χ4v) is 4.81. The van der Waals surface area contributed by atoms with E-state index in [9.17, 15) is 8.42 Å². The summed E-state index contributed by atoms with van der Waals surface area (Å²) in [6.07, 6.45) is 5.77. The Kier molecular flexibility index (Phi) is 8.61. The van der Waals surface area contributed by atoms with Gasteiger partial charge in [-0.3, -0.25) is 0 Å². The summed E-state index contributed by atoms with van der Waals surface area (Å²) in [6.45, 7) is 9.03. The lowest BCUT2D eigenvalue weighted by atomic mass is 9.93. The molecule has 0 saturated carbocycles. The van der Waals surface area contributed by atoms with Crippen molar-refractivity contribution in [3.05, 3.63) is 0 Å². The number of nitrogens with zero attached hydrogens (tertiary/aromatic N) is 1. The zero-order valence-electron chi connectivity index (χ0n) is 14.0. The lowest BCUT2D eigenvalue weighted by molar-refractivity contribution is 0.242. The van der Waals surface area contributed by atoms with Crippen LogP contribution in [0.5, 0.6) is 0 Å². The SMILES string of the molecule is CCNC(CSC(C)CC)CC1CCCN(S(C)(=O)=O)C1. The van der Waals surface area contributed by atoms with E-state index in [1.807, 2.05) is 11.8 Å². The van der Waals surface area contributed by atoms with E-state index in [-0.39, 0.29) is 0 Å². The Morgan fingerprint density at radius 2 is 2.10 bits per heavy atom. The van der Waals surface area contributed by atoms with Crippen LogP contribution in [0.15, 0.2) is 0 Å². The lowest BCUT2D eigenvalue weighted by Gasteiger charge is -2.33. The van der Waals surface area contributed by atoms with E-state index >= 15 is 0 Å². The zero-order chi connectivity index (χ0) is 15.9. The predicted octanol–water partition coefficient (Wildman–Crippen LogP) is 2.56. The molecule has 1 aliphatic rings. The molecule has 1 heterocycles. The van der Waals surface area contributed by atoms with Gasteiger partial charge in [-0.05, 0) is 38.1 Å². The van der Waals surface area contributed by atoms with Crippen molar-refractivity contribution in [2.24, 2.45) is 5.92 Å². The van der Waals surface area contributed by atoms with Gasteiger partial charge in [-0.25, -0.2) is 12.7 Å². The van der Waals surface area contributed by atoms with Crippen molar-refractivity contribution < 1.29 is 8.42 Å². The summed E-state index contributed by atoms with van der Waals surface area (Å²) >= 11 is 2.03. The van der Waals surface area contributed by atoms with Crippen LogP contribution < -0.4 is 5.32 Å². The summed E-state index contributed by atoms with van der Waals surface area (Å²) in [7, 11) is -3.03. The van der Waals surface area contributed by atoms with Crippen molar-refractivity contribution in [2.45, 2.75) is 57.7 Å². The van der Waals surface area contributed by atoms with Gasteiger partial charge < -0.3 is 5.32 Å². The van der Waals surface area contributed by atoms with Crippen LogP contribution in [-0.2, 0) is 10.0 Å². The first-order valence-electron chi connectivity index (χ1n) is 8.16. The standard InChI is InChI=1S/C15H32N2O2S2/c1-5-13(3)20-12-15(16-6-2)10-14-8-7-9-17(11-14)21(4,18)19/h13-16H,5-12H2,1-4H3. The normalized spacial score (nSPS) is 23.9. The molecular formula is C15H32N2O2S2. The second-order valence-electron chi connectivity index (χ2n) is 6.17. The molecule has 126 valence electrons. The third-order valence-electron chi connectivity index (χ3n) is 4.22. The summed E-state index contributed by atoms with van der Waals surface area (Å²) in [6, 6.07) is 0.499. The van der Waals surface area contributed by atoms with Gasteiger partial charge in [-0.15, -0.1) is 0 Å². The number of piperidine rings is 1. The van der Waals surface area contributed by atoms with Gasteiger partial charge in [0.25, 0.3) is 0 Å². The van der Waals surface area contributed by atoms with Crippen molar-refractivity contribution in [1.82, 2.24) is 9.62 Å². The molecular weight excluding hydrogens is 304 g/mol. The summed E-state index contributed by atoms with van der Waals surface area (Å²) in [4.78, 5) is 0. The van der Waals surface area contributed by atoms with E-state index in [0.29, 0.717) is 30.3 Å². The van der Waals surface area contributed by atoms with Crippen LogP contribution in [0.25, 0.3) is 0 Å². The molecule has 3 atom stereocenters. The monoisotopic (exact) mass is 336 g/mol. The van der Waals surface area contributed by atoms with E-state index in [4.69, 9.17) is 0 Å². The van der Waals surface area contributed by atoms with E-state index in [1.165, 1.54) is 12.7 Å². The van der Waals surface area contributed by atoms with Gasteiger partial charge >= 0.3 is 0 Å². The fourth-order valence-electron chi connectivity index (χ4n) is 2.82. The Morgan fingerprint density at radius 1 is 1.38 bits per heavy atom. The molecule has 6 heteroatoms. The molecule has 3 unspecified atom stereocenters. The van der Waals surface area contributed by atoms with Crippen LogP contribution in [0.4, 0.5) is 0 Å². The quantitative estimate of drug-likeness (QED) is 0.703. The molecule has 1 fully saturated rings. The topological polar surface area (TPSA) is 49.4 Å². The highest BCUT2D eigenvalue weighted by Crippen LogP contribution is 2.25. The summed E-state index contributed by atoms with van der Waals surface area (Å²) in [5.41, 5.74) is 0. The molecule has 0 amide bonds. The number of rotatable bonds is 9. The van der Waals surface area contributed by atoms with Gasteiger partial charge in [-0.1, -0.05) is 20.8 Å². The molecule has 1 saturated heterocycles. The van der Waals surface area contributed by atoms with Gasteiger partial charge in [0.2, 0.25) is 10.0 Å². The fraction of sp³-hybridized carbons (Fsp3) is 1.00. The largest absolute Gasteiger partial charge is 0.313 e. The Labute approximate surface area is 135 Å². The highest BCUT2D eigenvalue weighted by atomic mass is 32.2. The zero-order valence-corrected chi connectivity index (χ0v) is 15.6. The lowest BCUT2D eigenvalue weighted by Crippen LogP contribution is -2.42. The van der Waals surface area contributed by atoms with E-state index in [1.54, 1.807) is 4.31 Å². The van der Waals surface area contributed by atoms with Crippen LogP contribution in [0.3, 0.4) is 0 Å². The van der Waals surface area contributed by atoms with Crippen molar-refractivity contribution in [3.8, 4) is 0 Å². The molecule has 0 aromatic carbocycles. The van der Waals surface area contributed by atoms with Gasteiger partial charge in [-0.2, -0.15) is 11.8 Å². The summed E-state index contributed by atoms with van der Waals surface area (Å²) in [5, 5.41) is 4.27. The second kappa shape index (κ2) is 9.38. The average molecular weight is 337 g/mol. The van der Waals surface area contributed by atoms with Crippen LogP contribution >= 0.6 is 11.8 Å². The van der Waals surface area contributed by atoms with Gasteiger partial charge in [0, 0.05) is 30.1 Å². The number of hydrogen-bond donors (Lipinski definition) is 1. The molecule has 4 nitrogen and oxygen atoms in total. The molecule has 0 aromatic rings. The summed E-state index contributed by atoms with van der Waals surface area (Å²) in [5.74, 6) is 1.62. The van der Waals surface area contributed by atoms with Crippen LogP contribution in [-0.4, -0.2) is 55.7 Å². The molecule has 1 rings (SSSR count). The maximum Gasteiger partial charge on any atom is 0.211 e. The molecule has 0 spiro atoms. The Morgan fingerprint density at radius 3 is 2.67 bits per heavy atom. The molecule has 0 radical (unpaired) electrons. The van der Waals surface area contributed by atoms with Crippen LogP contribution in [0, 0.1) is 5.92 Å². The van der Waals surface area contributed by atoms with Crippen molar-refractivity contribution in [3.63, 3.8) is 0 Å². The Bertz CT molecular complexity index is 387. The second-order valence-corrected chi connectivity index (χ2v) is 9.63. The van der Waals surface area contributed by atoms with Gasteiger partial charge in [0.1, 0.15) is 0 Å². The van der Waals surface area contributed by atoms with E-state index in [2.05, 4.69) is 26.1 Å². The highest BCUT2D eigenvalue weighted by Gasteiger charge is 2.27. The van der Waals surface area contributed by atoms with Crippen LogP contribution in [0.1, 0.15) is 46.5 Å². The van der Waals surface area contributed by atoms with E-state index < -0.39 is 10.0 Å². The van der Waals surface area contributed by atoms with E-state index in [0.717, 1.165) is 31.6 Å². The minimum atomic E-state index is -3.03. The number of thioether (sulfide) groups is 1. The highest BCUT2D eigenvalue weighted by molar-refractivity contribution is 7.99. The third kappa shape index (κ3) is 7.35. The molecule has 1 aliphatic heterocycles. The van der Waals surface area contributed by atoms with Crippen molar-refractivity contribution in [2.75, 3.05) is 31.6 Å². The number of nitrogens with one attached hydrogen (secondary N) is 1. The molecule has 0 aliphatic carbocycles. The third-order valence-corrected chi connectivity index (χ3v) is 6.99. The van der Waals surface area contributed by atoms with Crippen LogP contribution in [0.2, 0.25) is 0 Å². The maximum absolute atomic E-state index is 11.7. The molecule has 0 aromatic heterocycles. The smallest absolute Gasteiger partial charge is 0.211 e. The first-order valence-corrected chi connectivity index (χ1v) is 11.1. The number of sulfonamides is 1. The minimum Gasteiger partial charge on any atom is -0.313 e. The van der Waals surface area contributed by atoms with Crippen molar-refractivity contribution in [1.29, 1.82) is 0 Å². The Hall–Kier alpha value is 0.220.